The van der Waals surface area contributed by atoms with Gasteiger partial charge in [-0.05, 0) is 18.9 Å². The third-order valence-electron chi connectivity index (χ3n) is 3.32. The molecule has 2 heteroatoms. The van der Waals surface area contributed by atoms with Gasteiger partial charge in [0, 0.05) is 25.3 Å². The molecule has 0 spiro atoms. The summed E-state index contributed by atoms with van der Waals surface area (Å²) in [5.74, 6) is 0. The van der Waals surface area contributed by atoms with Gasteiger partial charge in [-0.25, -0.2) is 0 Å². The molecule has 15 heavy (non-hydrogen) atoms. The van der Waals surface area contributed by atoms with E-state index in [4.69, 9.17) is 0 Å². The van der Waals surface area contributed by atoms with Crippen molar-refractivity contribution in [2.24, 2.45) is 0 Å². The van der Waals surface area contributed by atoms with E-state index in [1.807, 2.05) is 26.2 Å². The van der Waals surface area contributed by atoms with Crippen LogP contribution in [0.2, 0.25) is 0 Å². The largest absolute Gasteiger partial charge is 0.385 e. The van der Waals surface area contributed by atoms with E-state index >= 15 is 0 Å². The van der Waals surface area contributed by atoms with Gasteiger partial charge in [0.05, 0.1) is 5.60 Å². The highest BCUT2D eigenvalue weighted by atomic mass is 16.3. The Morgan fingerprint density at radius 2 is 1.73 bits per heavy atom. The number of nitrogens with zero attached hydrogens (tertiary/aromatic N) is 1. The van der Waals surface area contributed by atoms with Crippen molar-refractivity contribution in [1.29, 1.82) is 0 Å². The van der Waals surface area contributed by atoms with Gasteiger partial charge in [-0.15, -0.1) is 0 Å². The predicted octanol–water partition coefficient (Wildman–Crippen LogP) is 2.51. The summed E-state index contributed by atoms with van der Waals surface area (Å²) in [4.78, 5) is 2.08. The lowest BCUT2D eigenvalue weighted by Gasteiger charge is -2.28. The summed E-state index contributed by atoms with van der Waals surface area (Å²) in [5, 5.41) is 10.6. The van der Waals surface area contributed by atoms with Crippen LogP contribution in [0, 0.1) is 0 Å². The number of anilines is 1. The molecule has 82 valence electrons. The number of benzene rings is 1. The molecule has 0 aromatic heterocycles. The summed E-state index contributed by atoms with van der Waals surface area (Å²) in [5.41, 5.74) is 1.65. The van der Waals surface area contributed by atoms with E-state index < -0.39 is 5.60 Å². The molecule has 0 bridgehead atoms. The first-order valence-corrected chi connectivity index (χ1v) is 5.63. The fourth-order valence-electron chi connectivity index (χ4n) is 2.49. The maximum atomic E-state index is 10.6. The number of aliphatic hydroxyl groups is 1. The van der Waals surface area contributed by atoms with Crippen molar-refractivity contribution in [3.63, 3.8) is 0 Å². The number of para-hydroxylation sites is 1. The maximum absolute atomic E-state index is 10.6. The van der Waals surface area contributed by atoms with E-state index in [1.54, 1.807) is 0 Å². The average Bonchev–Trinajstić information content (AvgIpc) is 2.66. The van der Waals surface area contributed by atoms with Crippen molar-refractivity contribution >= 4 is 5.69 Å². The molecule has 2 nitrogen and oxygen atoms in total. The SMILES string of the molecule is CN(C)c1ccccc1C1(O)CCCC1. The van der Waals surface area contributed by atoms with Crippen LogP contribution >= 0.6 is 0 Å². The molecule has 1 aliphatic rings. The zero-order valence-corrected chi connectivity index (χ0v) is 9.53. The highest BCUT2D eigenvalue weighted by molar-refractivity contribution is 5.55. The van der Waals surface area contributed by atoms with Gasteiger partial charge in [0.25, 0.3) is 0 Å². The highest BCUT2D eigenvalue weighted by Crippen LogP contribution is 2.42. The Labute approximate surface area is 91.5 Å². The number of hydrogen-bond acceptors (Lipinski definition) is 2. The zero-order valence-electron chi connectivity index (χ0n) is 9.53. The second-order valence-electron chi connectivity index (χ2n) is 4.65. The second-order valence-corrected chi connectivity index (χ2v) is 4.65. The van der Waals surface area contributed by atoms with Crippen LogP contribution in [-0.4, -0.2) is 19.2 Å². The van der Waals surface area contributed by atoms with Crippen molar-refractivity contribution in [3.05, 3.63) is 29.8 Å². The van der Waals surface area contributed by atoms with Crippen molar-refractivity contribution in [2.45, 2.75) is 31.3 Å². The van der Waals surface area contributed by atoms with Crippen LogP contribution in [0.15, 0.2) is 24.3 Å². The molecule has 0 aliphatic heterocycles. The Morgan fingerprint density at radius 1 is 1.13 bits per heavy atom. The summed E-state index contributed by atoms with van der Waals surface area (Å²) < 4.78 is 0. The third-order valence-corrected chi connectivity index (χ3v) is 3.32. The summed E-state index contributed by atoms with van der Waals surface area (Å²) in [6.45, 7) is 0. The van der Waals surface area contributed by atoms with Crippen molar-refractivity contribution < 1.29 is 5.11 Å². The van der Waals surface area contributed by atoms with E-state index in [2.05, 4.69) is 17.0 Å². The van der Waals surface area contributed by atoms with Crippen molar-refractivity contribution in [1.82, 2.24) is 0 Å². The van der Waals surface area contributed by atoms with Crippen LogP contribution in [-0.2, 0) is 5.60 Å². The number of hydrogen-bond donors (Lipinski definition) is 1. The molecule has 0 saturated heterocycles. The molecular formula is C13H19NO. The summed E-state index contributed by atoms with van der Waals surface area (Å²) >= 11 is 0. The lowest BCUT2D eigenvalue weighted by atomic mass is 9.90. The Bertz CT molecular complexity index is 340. The van der Waals surface area contributed by atoms with Gasteiger partial charge in [0.1, 0.15) is 0 Å². The molecule has 0 unspecified atom stereocenters. The molecule has 0 atom stereocenters. The molecule has 0 heterocycles. The molecule has 0 amide bonds. The van der Waals surface area contributed by atoms with E-state index in [9.17, 15) is 5.11 Å². The first-order valence-electron chi connectivity index (χ1n) is 5.63. The first kappa shape index (κ1) is 10.5. The molecular weight excluding hydrogens is 186 g/mol. The van der Waals surface area contributed by atoms with Gasteiger partial charge in [0.15, 0.2) is 0 Å². The Balaban J connectivity index is 2.42. The quantitative estimate of drug-likeness (QED) is 0.802. The van der Waals surface area contributed by atoms with E-state index in [-0.39, 0.29) is 0 Å². The van der Waals surface area contributed by atoms with Gasteiger partial charge in [-0.3, -0.25) is 0 Å². The summed E-state index contributed by atoms with van der Waals surface area (Å²) in [7, 11) is 4.05. The normalized spacial score (nSPS) is 19.1. The van der Waals surface area contributed by atoms with Crippen LogP contribution in [0.1, 0.15) is 31.2 Å². The lowest BCUT2D eigenvalue weighted by molar-refractivity contribution is 0.0450. The van der Waals surface area contributed by atoms with Crippen LogP contribution in [0.3, 0.4) is 0 Å². The van der Waals surface area contributed by atoms with Crippen LogP contribution in [0.5, 0.6) is 0 Å². The molecule has 1 fully saturated rings. The van der Waals surface area contributed by atoms with E-state index in [1.165, 1.54) is 0 Å². The molecule has 1 saturated carbocycles. The topological polar surface area (TPSA) is 23.5 Å². The average molecular weight is 205 g/mol. The Hall–Kier alpha value is -1.02. The highest BCUT2D eigenvalue weighted by Gasteiger charge is 2.34. The third kappa shape index (κ3) is 1.86. The molecule has 1 aromatic rings. The lowest BCUT2D eigenvalue weighted by Crippen LogP contribution is -2.24. The number of rotatable bonds is 2. The van der Waals surface area contributed by atoms with E-state index in [0.717, 1.165) is 36.9 Å². The van der Waals surface area contributed by atoms with Gasteiger partial charge >= 0.3 is 0 Å². The molecule has 1 N–H and O–H groups in total. The standard InChI is InChI=1S/C13H19NO/c1-14(2)12-8-4-3-7-11(12)13(15)9-5-6-10-13/h3-4,7-8,15H,5-6,9-10H2,1-2H3. The van der Waals surface area contributed by atoms with Crippen LogP contribution in [0.4, 0.5) is 5.69 Å². The minimum absolute atomic E-state index is 0.582. The minimum atomic E-state index is -0.582. The predicted molar refractivity (Wildman–Crippen MR) is 63.1 cm³/mol. The van der Waals surface area contributed by atoms with Crippen molar-refractivity contribution in [2.75, 3.05) is 19.0 Å². The Kier molecular flexibility index (Phi) is 2.70. The summed E-state index contributed by atoms with van der Waals surface area (Å²) in [6, 6.07) is 8.17. The van der Waals surface area contributed by atoms with Gasteiger partial charge in [-0.1, -0.05) is 31.0 Å². The zero-order chi connectivity index (χ0) is 10.9. The first-order chi connectivity index (χ1) is 7.13. The monoisotopic (exact) mass is 205 g/mol. The minimum Gasteiger partial charge on any atom is -0.385 e. The van der Waals surface area contributed by atoms with Crippen LogP contribution in [0.25, 0.3) is 0 Å². The summed E-state index contributed by atoms with van der Waals surface area (Å²) in [6.07, 6.45) is 4.08. The second kappa shape index (κ2) is 3.86. The smallest absolute Gasteiger partial charge is 0.0916 e. The van der Waals surface area contributed by atoms with Gasteiger partial charge < -0.3 is 10.0 Å². The van der Waals surface area contributed by atoms with Gasteiger partial charge in [0.2, 0.25) is 0 Å². The van der Waals surface area contributed by atoms with E-state index in [0.29, 0.717) is 0 Å². The molecule has 2 rings (SSSR count). The van der Waals surface area contributed by atoms with Crippen LogP contribution < -0.4 is 4.90 Å². The van der Waals surface area contributed by atoms with Gasteiger partial charge in [-0.2, -0.15) is 0 Å². The van der Waals surface area contributed by atoms with Crippen molar-refractivity contribution in [3.8, 4) is 0 Å². The fourth-order valence-corrected chi connectivity index (χ4v) is 2.49. The maximum Gasteiger partial charge on any atom is 0.0916 e. The molecule has 0 radical (unpaired) electrons. The fraction of sp³-hybridized carbons (Fsp3) is 0.538. The Morgan fingerprint density at radius 3 is 2.33 bits per heavy atom. The molecule has 1 aromatic carbocycles. The molecule has 1 aliphatic carbocycles.